The average Bonchev–Trinajstić information content (AvgIpc) is 2.62. The Morgan fingerprint density at radius 1 is 1.22 bits per heavy atom. The van der Waals surface area contributed by atoms with Crippen molar-refractivity contribution in [3.8, 4) is 0 Å². The Morgan fingerprint density at radius 3 is 2.87 bits per heavy atom. The van der Waals surface area contributed by atoms with Crippen LogP contribution in [-0.2, 0) is 11.3 Å². The van der Waals surface area contributed by atoms with E-state index in [0.717, 1.165) is 44.7 Å². The lowest BCUT2D eigenvalue weighted by Gasteiger charge is -2.26. The molecule has 1 aromatic carbocycles. The van der Waals surface area contributed by atoms with Crippen LogP contribution in [0, 0.1) is 5.92 Å². The molecule has 23 heavy (non-hydrogen) atoms. The summed E-state index contributed by atoms with van der Waals surface area (Å²) < 4.78 is 5.47. The van der Waals surface area contributed by atoms with Crippen LogP contribution >= 0.6 is 0 Å². The minimum atomic E-state index is 0.0380. The molecule has 1 unspecified atom stereocenters. The number of hydrogen-bond acceptors (Lipinski definition) is 3. The first-order valence-corrected chi connectivity index (χ1v) is 8.98. The van der Waals surface area contributed by atoms with Crippen molar-refractivity contribution >= 4 is 5.91 Å². The average molecular weight is 316 g/mol. The topological polar surface area (TPSA) is 41.6 Å². The molecule has 0 aliphatic carbocycles. The SMILES string of the molecule is O=C(NCC1CCCOC1)c1cccc(CN2CCCCC2)c1. The largest absolute Gasteiger partial charge is 0.381 e. The van der Waals surface area contributed by atoms with Crippen molar-refractivity contribution in [1.82, 2.24) is 10.2 Å². The third-order valence-electron chi connectivity index (χ3n) is 4.85. The summed E-state index contributed by atoms with van der Waals surface area (Å²) in [7, 11) is 0. The minimum Gasteiger partial charge on any atom is -0.381 e. The molecular formula is C19H28N2O2. The first-order chi connectivity index (χ1) is 11.3. The molecule has 0 bridgehead atoms. The van der Waals surface area contributed by atoms with Crippen molar-refractivity contribution in [2.75, 3.05) is 32.8 Å². The molecule has 2 saturated heterocycles. The van der Waals surface area contributed by atoms with Gasteiger partial charge in [0.1, 0.15) is 0 Å². The second-order valence-corrected chi connectivity index (χ2v) is 6.83. The Bertz CT molecular complexity index is 506. The molecule has 0 saturated carbocycles. The number of nitrogens with zero attached hydrogens (tertiary/aromatic N) is 1. The Morgan fingerprint density at radius 2 is 2.09 bits per heavy atom. The Labute approximate surface area is 139 Å². The van der Waals surface area contributed by atoms with Crippen molar-refractivity contribution in [3.63, 3.8) is 0 Å². The van der Waals surface area contributed by atoms with E-state index >= 15 is 0 Å². The molecule has 0 aromatic heterocycles. The molecule has 2 aliphatic heterocycles. The van der Waals surface area contributed by atoms with Crippen LogP contribution in [0.4, 0.5) is 0 Å². The van der Waals surface area contributed by atoms with E-state index in [2.05, 4.69) is 16.3 Å². The zero-order valence-corrected chi connectivity index (χ0v) is 13.9. The summed E-state index contributed by atoms with van der Waals surface area (Å²) in [6, 6.07) is 8.08. The highest BCUT2D eigenvalue weighted by Crippen LogP contribution is 2.15. The molecular weight excluding hydrogens is 288 g/mol. The van der Waals surface area contributed by atoms with Crippen LogP contribution < -0.4 is 5.32 Å². The van der Waals surface area contributed by atoms with Crippen LogP contribution in [0.1, 0.15) is 48.0 Å². The Balaban J connectivity index is 1.52. The fraction of sp³-hybridized carbons (Fsp3) is 0.632. The smallest absolute Gasteiger partial charge is 0.251 e. The van der Waals surface area contributed by atoms with Crippen LogP contribution in [0.3, 0.4) is 0 Å². The summed E-state index contributed by atoms with van der Waals surface area (Å²) in [5, 5.41) is 3.07. The van der Waals surface area contributed by atoms with Gasteiger partial charge in [0.15, 0.2) is 0 Å². The minimum absolute atomic E-state index is 0.0380. The molecule has 0 spiro atoms. The lowest BCUT2D eigenvalue weighted by Crippen LogP contribution is -2.33. The van der Waals surface area contributed by atoms with Gasteiger partial charge in [-0.05, 0) is 62.4 Å². The molecule has 4 nitrogen and oxygen atoms in total. The highest BCUT2D eigenvalue weighted by molar-refractivity contribution is 5.94. The molecule has 126 valence electrons. The van der Waals surface area contributed by atoms with E-state index < -0.39 is 0 Å². The van der Waals surface area contributed by atoms with E-state index in [0.29, 0.717) is 5.92 Å². The molecule has 4 heteroatoms. The molecule has 3 rings (SSSR count). The van der Waals surface area contributed by atoms with Crippen LogP contribution in [0.5, 0.6) is 0 Å². The van der Waals surface area contributed by atoms with E-state index in [4.69, 9.17) is 4.74 Å². The predicted molar refractivity (Wildman–Crippen MR) is 91.4 cm³/mol. The van der Waals surface area contributed by atoms with E-state index in [9.17, 15) is 4.79 Å². The summed E-state index contributed by atoms with van der Waals surface area (Å²) in [5.74, 6) is 0.500. The second-order valence-electron chi connectivity index (χ2n) is 6.83. The molecule has 1 N–H and O–H groups in total. The third kappa shape index (κ3) is 5.05. The van der Waals surface area contributed by atoms with E-state index in [1.54, 1.807) is 0 Å². The maximum Gasteiger partial charge on any atom is 0.251 e. The number of amides is 1. The zero-order chi connectivity index (χ0) is 15.9. The maximum atomic E-state index is 12.4. The summed E-state index contributed by atoms with van der Waals surface area (Å²) >= 11 is 0. The number of nitrogens with one attached hydrogen (secondary N) is 1. The first-order valence-electron chi connectivity index (χ1n) is 8.98. The van der Waals surface area contributed by atoms with Gasteiger partial charge in [0.25, 0.3) is 5.91 Å². The van der Waals surface area contributed by atoms with Gasteiger partial charge >= 0.3 is 0 Å². The second kappa shape index (κ2) is 8.46. The molecule has 2 aliphatic rings. The Hall–Kier alpha value is -1.39. The standard InChI is InChI=1S/C19H28N2O2/c22-19(20-13-17-7-5-11-23-15-17)18-8-4-6-16(12-18)14-21-9-2-1-3-10-21/h4,6,8,12,17H,1-3,5,7,9-11,13-15H2,(H,20,22). The maximum absolute atomic E-state index is 12.4. The molecule has 2 heterocycles. The molecule has 2 fully saturated rings. The summed E-state index contributed by atoms with van der Waals surface area (Å²) in [6.45, 7) is 5.67. The zero-order valence-electron chi connectivity index (χ0n) is 13.9. The lowest BCUT2D eigenvalue weighted by molar-refractivity contribution is 0.0536. The van der Waals surface area contributed by atoms with Crippen LogP contribution in [0.15, 0.2) is 24.3 Å². The fourth-order valence-electron chi connectivity index (χ4n) is 3.49. The van der Waals surface area contributed by atoms with Gasteiger partial charge in [-0.1, -0.05) is 18.6 Å². The number of benzene rings is 1. The number of likely N-dealkylation sites (tertiary alicyclic amines) is 1. The Kier molecular flexibility index (Phi) is 6.06. The van der Waals surface area contributed by atoms with Crippen LogP contribution in [0.2, 0.25) is 0 Å². The van der Waals surface area contributed by atoms with Gasteiger partial charge in [0.05, 0.1) is 6.61 Å². The number of carbonyl (C=O) groups is 1. The number of rotatable bonds is 5. The van der Waals surface area contributed by atoms with Crippen molar-refractivity contribution in [3.05, 3.63) is 35.4 Å². The number of ether oxygens (including phenoxy) is 1. The van der Waals surface area contributed by atoms with Crippen molar-refractivity contribution in [2.24, 2.45) is 5.92 Å². The van der Waals surface area contributed by atoms with Gasteiger partial charge in [-0.3, -0.25) is 9.69 Å². The van der Waals surface area contributed by atoms with Gasteiger partial charge in [-0.15, -0.1) is 0 Å². The van der Waals surface area contributed by atoms with Gasteiger partial charge in [0, 0.05) is 25.3 Å². The number of hydrogen-bond donors (Lipinski definition) is 1. The third-order valence-corrected chi connectivity index (χ3v) is 4.85. The molecule has 1 aromatic rings. The van der Waals surface area contributed by atoms with Gasteiger partial charge in [-0.25, -0.2) is 0 Å². The summed E-state index contributed by atoms with van der Waals surface area (Å²) in [6.07, 6.45) is 6.19. The van der Waals surface area contributed by atoms with Gasteiger partial charge < -0.3 is 10.1 Å². The van der Waals surface area contributed by atoms with E-state index in [1.165, 1.54) is 37.9 Å². The highest BCUT2D eigenvalue weighted by Gasteiger charge is 2.16. The van der Waals surface area contributed by atoms with Crippen LogP contribution in [-0.4, -0.2) is 43.7 Å². The summed E-state index contributed by atoms with van der Waals surface area (Å²) in [5.41, 5.74) is 2.01. The van der Waals surface area contributed by atoms with Crippen molar-refractivity contribution in [1.29, 1.82) is 0 Å². The lowest BCUT2D eigenvalue weighted by atomic mass is 10.0. The van der Waals surface area contributed by atoms with Crippen LogP contribution in [0.25, 0.3) is 0 Å². The molecule has 0 radical (unpaired) electrons. The van der Waals surface area contributed by atoms with E-state index in [-0.39, 0.29) is 5.91 Å². The molecule has 1 amide bonds. The van der Waals surface area contributed by atoms with Crippen molar-refractivity contribution < 1.29 is 9.53 Å². The monoisotopic (exact) mass is 316 g/mol. The predicted octanol–water partition coefficient (Wildman–Crippen LogP) is 2.83. The number of piperidine rings is 1. The number of carbonyl (C=O) groups excluding carboxylic acids is 1. The summed E-state index contributed by atoms with van der Waals surface area (Å²) in [4.78, 5) is 14.9. The highest BCUT2D eigenvalue weighted by atomic mass is 16.5. The van der Waals surface area contributed by atoms with Crippen molar-refractivity contribution in [2.45, 2.75) is 38.6 Å². The molecule has 1 atom stereocenters. The van der Waals surface area contributed by atoms with Gasteiger partial charge in [0.2, 0.25) is 0 Å². The fourth-order valence-corrected chi connectivity index (χ4v) is 3.49. The normalized spacial score (nSPS) is 22.7. The van der Waals surface area contributed by atoms with Gasteiger partial charge in [-0.2, -0.15) is 0 Å². The van der Waals surface area contributed by atoms with E-state index in [1.807, 2.05) is 18.2 Å². The first kappa shape index (κ1) is 16.5. The quantitative estimate of drug-likeness (QED) is 0.908.